The van der Waals surface area contributed by atoms with Gasteiger partial charge >= 0.3 is 0 Å². The van der Waals surface area contributed by atoms with Crippen molar-refractivity contribution in [3.05, 3.63) is 23.3 Å². The summed E-state index contributed by atoms with van der Waals surface area (Å²) in [5.74, 6) is 2.27. The van der Waals surface area contributed by atoms with Gasteiger partial charge in [0.2, 0.25) is 0 Å². The highest BCUT2D eigenvalue weighted by molar-refractivity contribution is 6.74. The van der Waals surface area contributed by atoms with Gasteiger partial charge in [-0.2, -0.15) is 0 Å². The number of fused-ring (bicyclic) bond motifs is 1. The number of methoxy groups -OCH3 is 1. The number of hydrogen-bond donors (Lipinski definition) is 1. The zero-order valence-corrected chi connectivity index (χ0v) is 28.2. The van der Waals surface area contributed by atoms with Gasteiger partial charge < -0.3 is 19.0 Å². The summed E-state index contributed by atoms with van der Waals surface area (Å²) in [6.45, 7) is 21.4. The van der Waals surface area contributed by atoms with Crippen LogP contribution in [-0.2, 0) is 13.9 Å². The average Bonchev–Trinajstić information content (AvgIpc) is 3.17. The molecule has 0 aliphatic heterocycles. The predicted molar refractivity (Wildman–Crippen MR) is 166 cm³/mol. The average molecular weight is 563 g/mol. The maximum absolute atomic E-state index is 10.7. The van der Waals surface area contributed by atoms with E-state index in [9.17, 15) is 5.11 Å². The van der Waals surface area contributed by atoms with Gasteiger partial charge in [0, 0.05) is 7.11 Å². The Labute approximate surface area is 242 Å². The molecule has 0 radical (unpaired) electrons. The van der Waals surface area contributed by atoms with Crippen molar-refractivity contribution >= 4 is 8.32 Å². The van der Waals surface area contributed by atoms with Crippen molar-refractivity contribution < 1.29 is 19.0 Å². The smallest absolute Gasteiger partial charge is 0.192 e. The molecule has 3 aliphatic rings. The van der Waals surface area contributed by atoms with Gasteiger partial charge in [-0.25, -0.2) is 0 Å². The Kier molecular flexibility index (Phi) is 11.2. The molecule has 0 aromatic heterocycles. The van der Waals surface area contributed by atoms with Crippen LogP contribution in [0.5, 0.6) is 0 Å². The molecule has 3 saturated carbocycles. The fraction of sp³-hybridized carbons (Fsp3) is 0.882. The van der Waals surface area contributed by atoms with E-state index in [1.165, 1.54) is 50.5 Å². The molecule has 0 unspecified atom stereocenters. The number of hydrogen-bond acceptors (Lipinski definition) is 4. The molecule has 3 fully saturated rings. The lowest BCUT2D eigenvalue weighted by Gasteiger charge is -2.44. The van der Waals surface area contributed by atoms with Gasteiger partial charge in [0.25, 0.3) is 0 Å². The summed E-state index contributed by atoms with van der Waals surface area (Å²) in [5.41, 5.74) is 3.35. The van der Waals surface area contributed by atoms with Crippen LogP contribution in [0, 0.1) is 23.2 Å². The lowest BCUT2D eigenvalue weighted by Crippen LogP contribution is -2.45. The molecule has 3 aliphatic carbocycles. The minimum Gasteiger partial charge on any atom is -0.414 e. The van der Waals surface area contributed by atoms with Gasteiger partial charge in [-0.05, 0) is 113 Å². The van der Waals surface area contributed by atoms with Gasteiger partial charge in [0.1, 0.15) is 6.79 Å². The Morgan fingerprint density at radius 1 is 1.10 bits per heavy atom. The number of allylic oxidation sites excluding steroid dienone is 3. The number of aliphatic hydroxyl groups is 1. The van der Waals surface area contributed by atoms with Gasteiger partial charge in [0.15, 0.2) is 8.32 Å². The fourth-order valence-electron chi connectivity index (χ4n) is 7.75. The first kappa shape index (κ1) is 33.0. The maximum atomic E-state index is 10.7. The van der Waals surface area contributed by atoms with Crippen LogP contribution in [0.25, 0.3) is 0 Å². The van der Waals surface area contributed by atoms with Crippen molar-refractivity contribution in [2.75, 3.05) is 13.9 Å². The largest absolute Gasteiger partial charge is 0.414 e. The molecule has 1 N–H and O–H groups in total. The molecule has 0 heterocycles. The first-order valence-electron chi connectivity index (χ1n) is 16.0. The van der Waals surface area contributed by atoms with Crippen molar-refractivity contribution in [2.45, 2.75) is 155 Å². The molecular formula is C34H62O4Si. The molecule has 5 heteroatoms. The van der Waals surface area contributed by atoms with E-state index in [-0.39, 0.29) is 22.8 Å². The topological polar surface area (TPSA) is 47.9 Å². The quantitative estimate of drug-likeness (QED) is 0.201. The Morgan fingerprint density at radius 3 is 2.49 bits per heavy atom. The highest BCUT2D eigenvalue weighted by Crippen LogP contribution is 2.60. The lowest BCUT2D eigenvalue weighted by atomic mass is 9.60. The standard InChI is InChI=1S/C34H62O4Si/c1-25(13-11-19-33(5,6)37-24-36-8)30-17-18-31-27(14-12-20-34(30,31)7)16-15-26-21-28(35)23-29(22-26)38-39(9,10)32(2,3)4/h15-16,25,28-31,35H,11-14,17-24H2,1-10H3/b26-15+,27-16+/t25-,28-,29-,30-,31+,34-/m1/s1. The van der Waals surface area contributed by atoms with E-state index in [0.29, 0.717) is 18.1 Å². The minimum absolute atomic E-state index is 0.118. The van der Waals surface area contributed by atoms with E-state index in [2.05, 4.69) is 73.7 Å². The molecular weight excluding hydrogens is 500 g/mol. The van der Waals surface area contributed by atoms with Gasteiger partial charge in [0.05, 0.1) is 17.8 Å². The highest BCUT2D eigenvalue weighted by Gasteiger charge is 2.50. The molecule has 0 aromatic carbocycles. The number of ether oxygens (including phenoxy) is 2. The summed E-state index contributed by atoms with van der Waals surface area (Å²) >= 11 is 0. The maximum Gasteiger partial charge on any atom is 0.192 e. The predicted octanol–water partition coefficient (Wildman–Crippen LogP) is 9.20. The van der Waals surface area contributed by atoms with Crippen LogP contribution in [0.2, 0.25) is 18.1 Å². The summed E-state index contributed by atoms with van der Waals surface area (Å²) in [4.78, 5) is 0. The molecule has 0 aromatic rings. The summed E-state index contributed by atoms with van der Waals surface area (Å²) in [6, 6.07) is 0. The highest BCUT2D eigenvalue weighted by atomic mass is 28.4. The van der Waals surface area contributed by atoms with Crippen LogP contribution in [0.1, 0.15) is 119 Å². The van der Waals surface area contributed by atoms with E-state index in [4.69, 9.17) is 13.9 Å². The van der Waals surface area contributed by atoms with Crippen molar-refractivity contribution in [3.8, 4) is 0 Å². The summed E-state index contributed by atoms with van der Waals surface area (Å²) < 4.78 is 17.7. The van der Waals surface area contributed by atoms with Crippen LogP contribution < -0.4 is 0 Å². The summed E-state index contributed by atoms with van der Waals surface area (Å²) in [6.07, 6.45) is 17.5. The van der Waals surface area contributed by atoms with Crippen LogP contribution in [-0.4, -0.2) is 45.1 Å². The third-order valence-corrected chi connectivity index (χ3v) is 15.6. The second-order valence-electron chi connectivity index (χ2n) is 15.6. The third-order valence-electron chi connectivity index (χ3n) is 11.1. The molecule has 226 valence electrons. The number of aliphatic hydroxyl groups excluding tert-OH is 1. The second-order valence-corrected chi connectivity index (χ2v) is 20.4. The van der Waals surface area contributed by atoms with Crippen LogP contribution in [0.15, 0.2) is 23.3 Å². The van der Waals surface area contributed by atoms with E-state index in [1.54, 1.807) is 12.7 Å². The monoisotopic (exact) mass is 562 g/mol. The molecule has 39 heavy (non-hydrogen) atoms. The normalized spacial score (nSPS) is 33.5. The van der Waals surface area contributed by atoms with Gasteiger partial charge in [-0.3, -0.25) is 0 Å². The minimum atomic E-state index is -1.85. The van der Waals surface area contributed by atoms with E-state index in [1.807, 2.05) is 0 Å². The summed E-state index contributed by atoms with van der Waals surface area (Å²) in [7, 11) is -0.153. The van der Waals surface area contributed by atoms with E-state index < -0.39 is 8.32 Å². The third kappa shape index (κ3) is 8.53. The van der Waals surface area contributed by atoms with Crippen molar-refractivity contribution in [3.63, 3.8) is 0 Å². The Morgan fingerprint density at radius 2 is 1.82 bits per heavy atom. The first-order valence-corrected chi connectivity index (χ1v) is 18.9. The van der Waals surface area contributed by atoms with E-state index >= 15 is 0 Å². The SMILES string of the molecule is COCOC(C)(C)CCC[C@@H](C)[C@H]1CC[C@H]2/C(=C/C=C3\C[C@@H](O)C[C@H](O[Si](C)(C)C(C)(C)C)C3)CCC[C@]12C. The van der Waals surface area contributed by atoms with Crippen LogP contribution >= 0.6 is 0 Å². The first-order chi connectivity index (χ1) is 18.1. The lowest BCUT2D eigenvalue weighted by molar-refractivity contribution is -0.118. The molecule has 0 spiro atoms. The van der Waals surface area contributed by atoms with Crippen molar-refractivity contribution in [1.82, 2.24) is 0 Å². The van der Waals surface area contributed by atoms with Crippen molar-refractivity contribution in [1.29, 1.82) is 0 Å². The fourth-order valence-corrected chi connectivity index (χ4v) is 9.12. The van der Waals surface area contributed by atoms with Crippen LogP contribution in [0.3, 0.4) is 0 Å². The molecule has 0 bridgehead atoms. The molecule has 0 amide bonds. The molecule has 6 atom stereocenters. The summed E-state index contributed by atoms with van der Waals surface area (Å²) in [5, 5.41) is 10.9. The zero-order valence-electron chi connectivity index (χ0n) is 27.2. The molecule has 0 saturated heterocycles. The molecule has 3 rings (SSSR count). The Bertz CT molecular complexity index is 854. The van der Waals surface area contributed by atoms with Gasteiger partial charge in [-0.1, -0.05) is 70.8 Å². The van der Waals surface area contributed by atoms with Crippen LogP contribution in [0.4, 0.5) is 0 Å². The Balaban J connectivity index is 1.64. The Hall–Kier alpha value is -0.463. The molecule has 4 nitrogen and oxygen atoms in total. The van der Waals surface area contributed by atoms with Gasteiger partial charge in [-0.15, -0.1) is 0 Å². The van der Waals surface area contributed by atoms with E-state index in [0.717, 1.165) is 37.5 Å². The number of rotatable bonds is 11. The zero-order chi connectivity index (χ0) is 29.1. The van der Waals surface area contributed by atoms with Crippen molar-refractivity contribution in [2.24, 2.45) is 23.2 Å². The second kappa shape index (κ2) is 13.2.